The molecule has 0 aliphatic carbocycles. The number of phenolic OH excluding ortho intramolecular Hbond substituents is 1. The van der Waals surface area contributed by atoms with Gasteiger partial charge in [0.25, 0.3) is 0 Å². The highest BCUT2D eigenvalue weighted by molar-refractivity contribution is 5.94. The number of rotatable bonds is 13. The van der Waals surface area contributed by atoms with E-state index in [0.717, 1.165) is 5.56 Å². The Morgan fingerprint density at radius 3 is 2.19 bits per heavy atom. The van der Waals surface area contributed by atoms with Crippen molar-refractivity contribution in [2.45, 2.75) is 63.7 Å². The number of hydrogen-bond donors (Lipinski definition) is 6. The summed E-state index contributed by atoms with van der Waals surface area (Å²) < 4.78 is 0. The highest BCUT2D eigenvalue weighted by Gasteiger charge is 2.36. The molecule has 4 atom stereocenters. The molecule has 226 valence electrons. The van der Waals surface area contributed by atoms with E-state index in [-0.39, 0.29) is 31.1 Å². The lowest BCUT2D eigenvalue weighted by Gasteiger charge is -2.27. The SMILES string of the molecule is CC(C)[C@H](NC(=O)[C@@H]1CCCN1C(=O)CNC(=O)[C@@H](Cc1ccc(O)cc1)NC(=O)[C@@H](N)Cc1ccccc1)C(=O)O. The van der Waals surface area contributed by atoms with Gasteiger partial charge in [0.15, 0.2) is 0 Å². The highest BCUT2D eigenvalue weighted by Crippen LogP contribution is 2.18. The van der Waals surface area contributed by atoms with Crippen LogP contribution < -0.4 is 21.7 Å². The minimum absolute atomic E-state index is 0.0477. The summed E-state index contributed by atoms with van der Waals surface area (Å²) in [7, 11) is 0. The standard InChI is InChI=1S/C30H39N5O7/c1-18(2)26(30(41)42)34-29(40)24-9-6-14-35(24)25(37)17-32-28(39)23(16-20-10-12-21(36)13-11-20)33-27(38)22(31)15-19-7-4-3-5-8-19/h3-5,7-8,10-13,18,22-24,26,36H,6,9,14-17,31H2,1-2H3,(H,32,39)(H,33,38)(H,34,40)(H,41,42)/t22-,23+,24-,26-/m0/s1. The number of likely N-dealkylation sites (tertiary alicyclic amines) is 1. The molecule has 1 saturated heterocycles. The molecule has 0 saturated carbocycles. The Hall–Kier alpha value is -4.45. The summed E-state index contributed by atoms with van der Waals surface area (Å²) >= 11 is 0. The van der Waals surface area contributed by atoms with Gasteiger partial charge in [0.2, 0.25) is 23.6 Å². The third-order valence-corrected chi connectivity index (χ3v) is 7.16. The number of aromatic hydroxyl groups is 1. The normalized spacial score (nSPS) is 16.8. The van der Waals surface area contributed by atoms with Crippen LogP contribution in [0.15, 0.2) is 54.6 Å². The van der Waals surface area contributed by atoms with E-state index in [1.807, 2.05) is 30.3 Å². The maximum absolute atomic E-state index is 13.2. The molecule has 0 spiro atoms. The van der Waals surface area contributed by atoms with Crippen LogP contribution in [-0.2, 0) is 36.8 Å². The van der Waals surface area contributed by atoms with E-state index >= 15 is 0 Å². The molecule has 12 nitrogen and oxygen atoms in total. The fourth-order valence-electron chi connectivity index (χ4n) is 4.80. The second kappa shape index (κ2) is 15.0. The van der Waals surface area contributed by atoms with Gasteiger partial charge >= 0.3 is 5.97 Å². The van der Waals surface area contributed by atoms with Crippen LogP contribution in [0.2, 0.25) is 0 Å². The first-order chi connectivity index (χ1) is 20.0. The highest BCUT2D eigenvalue weighted by atomic mass is 16.4. The molecule has 0 aromatic heterocycles. The van der Waals surface area contributed by atoms with Crippen LogP contribution in [0.4, 0.5) is 0 Å². The Morgan fingerprint density at radius 1 is 0.929 bits per heavy atom. The van der Waals surface area contributed by atoms with Crippen LogP contribution in [0.1, 0.15) is 37.8 Å². The van der Waals surface area contributed by atoms with Gasteiger partial charge in [-0.2, -0.15) is 0 Å². The van der Waals surface area contributed by atoms with Crippen molar-refractivity contribution in [2.24, 2.45) is 11.7 Å². The molecule has 42 heavy (non-hydrogen) atoms. The Labute approximate surface area is 244 Å². The third kappa shape index (κ3) is 9.03. The first-order valence-corrected chi connectivity index (χ1v) is 13.9. The van der Waals surface area contributed by atoms with E-state index < -0.39 is 60.3 Å². The number of phenols is 1. The van der Waals surface area contributed by atoms with E-state index in [4.69, 9.17) is 5.73 Å². The average molecular weight is 582 g/mol. The summed E-state index contributed by atoms with van der Waals surface area (Å²) in [4.78, 5) is 64.9. The molecule has 12 heteroatoms. The largest absolute Gasteiger partial charge is 0.508 e. The summed E-state index contributed by atoms with van der Waals surface area (Å²) in [6.45, 7) is 3.21. The third-order valence-electron chi connectivity index (χ3n) is 7.16. The van der Waals surface area contributed by atoms with Gasteiger partial charge in [0, 0.05) is 13.0 Å². The summed E-state index contributed by atoms with van der Waals surface area (Å²) in [5, 5.41) is 26.8. The number of nitrogens with two attached hydrogens (primary N) is 1. The molecule has 2 aromatic rings. The minimum atomic E-state index is -1.16. The Kier molecular flexibility index (Phi) is 11.4. The van der Waals surface area contributed by atoms with Gasteiger partial charge in [0.05, 0.1) is 12.6 Å². The number of amides is 4. The monoisotopic (exact) mass is 581 g/mol. The molecule has 2 aromatic carbocycles. The zero-order chi connectivity index (χ0) is 30.8. The van der Waals surface area contributed by atoms with E-state index in [1.165, 1.54) is 17.0 Å². The lowest BCUT2D eigenvalue weighted by atomic mass is 10.0. The molecule has 7 N–H and O–H groups in total. The number of carbonyl (C=O) groups is 5. The van der Waals surface area contributed by atoms with Crippen LogP contribution in [0.3, 0.4) is 0 Å². The van der Waals surface area contributed by atoms with Crippen molar-refractivity contribution in [1.29, 1.82) is 0 Å². The van der Waals surface area contributed by atoms with Gasteiger partial charge < -0.3 is 36.8 Å². The molecule has 1 aliphatic heterocycles. The van der Waals surface area contributed by atoms with E-state index in [2.05, 4.69) is 16.0 Å². The minimum Gasteiger partial charge on any atom is -0.508 e. The molecule has 1 heterocycles. The van der Waals surface area contributed by atoms with Gasteiger partial charge in [-0.3, -0.25) is 19.2 Å². The van der Waals surface area contributed by atoms with Crippen molar-refractivity contribution in [1.82, 2.24) is 20.9 Å². The van der Waals surface area contributed by atoms with Crippen LogP contribution in [0, 0.1) is 5.92 Å². The maximum Gasteiger partial charge on any atom is 0.326 e. The van der Waals surface area contributed by atoms with Crippen LogP contribution in [0.5, 0.6) is 5.75 Å². The number of carboxylic acid groups (broad SMARTS) is 1. The maximum atomic E-state index is 13.2. The fourth-order valence-corrected chi connectivity index (χ4v) is 4.80. The lowest BCUT2D eigenvalue weighted by molar-refractivity contribution is -0.145. The van der Waals surface area contributed by atoms with E-state index in [0.29, 0.717) is 18.4 Å². The predicted octanol–water partition coefficient (Wildman–Crippen LogP) is 0.322. The summed E-state index contributed by atoms with van der Waals surface area (Å²) in [6.07, 6.45) is 1.26. The smallest absolute Gasteiger partial charge is 0.326 e. The van der Waals surface area contributed by atoms with Crippen molar-refractivity contribution in [2.75, 3.05) is 13.1 Å². The number of carboxylic acids is 1. The molecule has 1 aliphatic rings. The van der Waals surface area contributed by atoms with Crippen molar-refractivity contribution in [3.05, 3.63) is 65.7 Å². The van der Waals surface area contributed by atoms with Gasteiger partial charge in [0.1, 0.15) is 23.9 Å². The van der Waals surface area contributed by atoms with Gasteiger partial charge in [-0.1, -0.05) is 56.3 Å². The molecular formula is C30H39N5O7. The second-order valence-electron chi connectivity index (χ2n) is 10.8. The van der Waals surface area contributed by atoms with Crippen LogP contribution in [0.25, 0.3) is 0 Å². The molecule has 1 fully saturated rings. The van der Waals surface area contributed by atoms with Crippen molar-refractivity contribution in [3.63, 3.8) is 0 Å². The summed E-state index contributed by atoms with van der Waals surface area (Å²) in [5.41, 5.74) is 7.64. The Bertz CT molecular complexity index is 1250. The van der Waals surface area contributed by atoms with Gasteiger partial charge in [-0.15, -0.1) is 0 Å². The first kappa shape index (κ1) is 32.1. The number of nitrogens with zero attached hydrogens (tertiary/aromatic N) is 1. The van der Waals surface area contributed by atoms with Gasteiger partial charge in [-0.25, -0.2) is 4.79 Å². The number of benzene rings is 2. The fraction of sp³-hybridized carbons (Fsp3) is 0.433. The number of hydrogen-bond acceptors (Lipinski definition) is 7. The van der Waals surface area contributed by atoms with Crippen molar-refractivity contribution >= 4 is 29.6 Å². The molecule has 0 radical (unpaired) electrons. The van der Waals surface area contributed by atoms with Crippen molar-refractivity contribution < 1.29 is 34.2 Å². The zero-order valence-electron chi connectivity index (χ0n) is 23.8. The molecule has 0 unspecified atom stereocenters. The first-order valence-electron chi connectivity index (χ1n) is 13.9. The van der Waals surface area contributed by atoms with Crippen molar-refractivity contribution in [3.8, 4) is 5.75 Å². The molecule has 4 amide bonds. The summed E-state index contributed by atoms with van der Waals surface area (Å²) in [5.74, 6) is -3.69. The predicted molar refractivity (Wildman–Crippen MR) is 154 cm³/mol. The average Bonchev–Trinajstić information content (AvgIpc) is 3.45. The number of carbonyl (C=O) groups excluding carboxylic acids is 4. The van der Waals surface area contributed by atoms with Crippen LogP contribution >= 0.6 is 0 Å². The molecular weight excluding hydrogens is 542 g/mol. The van der Waals surface area contributed by atoms with Gasteiger partial charge in [-0.05, 0) is 48.4 Å². The van der Waals surface area contributed by atoms with E-state index in [1.54, 1.807) is 26.0 Å². The topological polar surface area (TPSA) is 191 Å². The molecule has 3 rings (SSSR count). The lowest BCUT2D eigenvalue weighted by Crippen LogP contribution is -2.55. The number of aliphatic carboxylic acids is 1. The Morgan fingerprint density at radius 2 is 1.57 bits per heavy atom. The van der Waals surface area contributed by atoms with Crippen LogP contribution in [-0.4, -0.2) is 82.0 Å². The molecule has 0 bridgehead atoms. The summed E-state index contributed by atoms with van der Waals surface area (Å²) in [6, 6.07) is 11.4. The quantitative estimate of drug-likeness (QED) is 0.195. The number of nitrogens with one attached hydrogen (secondary N) is 3. The van der Waals surface area contributed by atoms with E-state index in [9.17, 15) is 34.2 Å². The zero-order valence-corrected chi connectivity index (χ0v) is 23.8. The second-order valence-corrected chi connectivity index (χ2v) is 10.8. The Balaban J connectivity index is 1.65.